The minimum atomic E-state index is -1.55. The first-order chi connectivity index (χ1) is 19.0. The predicted molar refractivity (Wildman–Crippen MR) is 150 cm³/mol. The Hall–Kier alpha value is -3.97. The average molecular weight is 560 g/mol. The van der Waals surface area contributed by atoms with Crippen LogP contribution in [0, 0.1) is 5.92 Å². The molecule has 0 aliphatic carbocycles. The number of unbranched alkanes of at least 4 members (excludes halogenated alkanes) is 1. The smallest absolute Gasteiger partial charge is 0.326 e. The van der Waals surface area contributed by atoms with Gasteiger partial charge >= 0.3 is 5.97 Å². The van der Waals surface area contributed by atoms with Crippen LogP contribution >= 0.6 is 0 Å². The fraction of sp³-hybridized carbons (Fsp3) is 0.519. The molecule has 13 heteroatoms. The number of para-hydroxylation sites is 1. The number of fused-ring (bicyclic) bond motifs is 1. The summed E-state index contributed by atoms with van der Waals surface area (Å²) >= 11 is 0. The maximum absolute atomic E-state index is 13.6. The van der Waals surface area contributed by atoms with Gasteiger partial charge in [-0.2, -0.15) is 0 Å². The highest BCUT2D eigenvalue weighted by atomic mass is 16.4. The lowest BCUT2D eigenvalue weighted by Gasteiger charge is -2.28. The molecule has 11 N–H and O–H groups in total. The van der Waals surface area contributed by atoms with Gasteiger partial charge in [-0.25, -0.2) is 4.79 Å². The van der Waals surface area contributed by atoms with Crippen LogP contribution in [0.1, 0.15) is 51.5 Å². The number of benzene rings is 1. The number of aliphatic carboxylic acids is 1. The van der Waals surface area contributed by atoms with E-state index >= 15 is 0 Å². The minimum Gasteiger partial charge on any atom is -0.480 e. The summed E-state index contributed by atoms with van der Waals surface area (Å²) in [5.41, 5.74) is 18.3. The lowest BCUT2D eigenvalue weighted by molar-refractivity contribution is -0.144. The largest absolute Gasteiger partial charge is 0.480 e. The number of nitrogens with one attached hydrogen (secondary N) is 4. The molecule has 4 amide bonds. The Morgan fingerprint density at radius 2 is 1.65 bits per heavy atom. The fourth-order valence-electron chi connectivity index (χ4n) is 4.27. The molecule has 220 valence electrons. The first-order valence-corrected chi connectivity index (χ1v) is 13.4. The number of aromatic nitrogens is 1. The van der Waals surface area contributed by atoms with Crippen LogP contribution in [0.5, 0.6) is 0 Å². The Morgan fingerprint density at radius 1 is 0.975 bits per heavy atom. The number of aromatic amines is 1. The molecule has 0 spiro atoms. The van der Waals surface area contributed by atoms with Crippen LogP contribution in [0.15, 0.2) is 30.5 Å². The van der Waals surface area contributed by atoms with E-state index < -0.39 is 66.1 Å². The van der Waals surface area contributed by atoms with Gasteiger partial charge in [-0.3, -0.25) is 19.2 Å². The second-order valence-electron chi connectivity index (χ2n) is 9.96. The summed E-state index contributed by atoms with van der Waals surface area (Å²) in [7, 11) is 0. The first-order valence-electron chi connectivity index (χ1n) is 13.4. The topological polar surface area (TPSA) is 236 Å². The van der Waals surface area contributed by atoms with Crippen molar-refractivity contribution in [3.8, 4) is 0 Å². The van der Waals surface area contributed by atoms with Crippen molar-refractivity contribution in [3.05, 3.63) is 36.0 Å². The quantitative estimate of drug-likeness (QED) is 0.119. The number of nitrogens with two attached hydrogens (primary N) is 3. The van der Waals surface area contributed by atoms with Crippen molar-refractivity contribution in [2.75, 3.05) is 6.54 Å². The van der Waals surface area contributed by atoms with E-state index in [1.54, 1.807) is 20.0 Å². The normalized spacial score (nSPS) is 14.9. The molecule has 1 aromatic heterocycles. The molecule has 5 atom stereocenters. The van der Waals surface area contributed by atoms with Gasteiger partial charge in [0.15, 0.2) is 0 Å². The van der Waals surface area contributed by atoms with Crippen molar-refractivity contribution < 1.29 is 29.1 Å². The molecule has 2 rings (SSSR count). The minimum absolute atomic E-state index is 0.103. The van der Waals surface area contributed by atoms with Gasteiger partial charge in [0.25, 0.3) is 0 Å². The van der Waals surface area contributed by atoms with E-state index in [9.17, 15) is 29.1 Å². The van der Waals surface area contributed by atoms with Crippen molar-refractivity contribution in [1.82, 2.24) is 20.9 Å². The molecular weight excluding hydrogens is 518 g/mol. The number of carbonyl (C=O) groups is 5. The number of H-pyrrole nitrogens is 1. The zero-order valence-corrected chi connectivity index (χ0v) is 22.9. The van der Waals surface area contributed by atoms with E-state index in [4.69, 9.17) is 17.2 Å². The lowest BCUT2D eigenvalue weighted by atomic mass is 9.96. The Balaban J connectivity index is 2.30. The number of carboxylic acid groups (broad SMARTS) is 1. The number of carbonyl (C=O) groups excluding carboxylic acids is 4. The Labute approximate surface area is 233 Å². The number of carboxylic acids is 1. The van der Waals surface area contributed by atoms with E-state index in [0.29, 0.717) is 32.2 Å². The maximum Gasteiger partial charge on any atom is 0.326 e. The van der Waals surface area contributed by atoms with Crippen LogP contribution in [0.4, 0.5) is 0 Å². The molecule has 0 fully saturated rings. The van der Waals surface area contributed by atoms with Gasteiger partial charge in [0, 0.05) is 23.5 Å². The second-order valence-corrected chi connectivity index (χ2v) is 9.96. The molecule has 1 heterocycles. The Kier molecular flexibility index (Phi) is 12.6. The zero-order valence-electron chi connectivity index (χ0n) is 22.9. The van der Waals surface area contributed by atoms with Crippen LogP contribution in [-0.2, 0) is 30.4 Å². The van der Waals surface area contributed by atoms with Gasteiger partial charge in [-0.05, 0) is 36.9 Å². The summed E-state index contributed by atoms with van der Waals surface area (Å²) in [6.07, 6.45) is 3.46. The van der Waals surface area contributed by atoms with Gasteiger partial charge in [-0.15, -0.1) is 0 Å². The number of primary amides is 1. The Bertz CT molecular complexity index is 1180. The Morgan fingerprint density at radius 3 is 2.27 bits per heavy atom. The molecule has 1 aromatic carbocycles. The third-order valence-electron chi connectivity index (χ3n) is 6.85. The van der Waals surface area contributed by atoms with Gasteiger partial charge in [-0.1, -0.05) is 44.9 Å². The summed E-state index contributed by atoms with van der Waals surface area (Å²) in [5, 5.41) is 18.0. The molecular formula is C27H41N7O6. The summed E-state index contributed by atoms with van der Waals surface area (Å²) in [6.45, 7) is 4.00. The van der Waals surface area contributed by atoms with Crippen molar-refractivity contribution in [2.45, 2.75) is 76.5 Å². The molecule has 0 saturated carbocycles. The molecule has 0 aliphatic rings. The van der Waals surface area contributed by atoms with E-state index in [2.05, 4.69) is 20.9 Å². The van der Waals surface area contributed by atoms with Gasteiger partial charge < -0.3 is 43.2 Å². The SMILES string of the molecule is CCC(C)C(NC(=O)C(Cc1c[nH]c2ccccc12)NC(=O)C(N)CCCCN)C(=O)NC(CC(N)=O)C(=O)O. The average Bonchev–Trinajstić information content (AvgIpc) is 3.32. The van der Waals surface area contributed by atoms with E-state index in [0.717, 1.165) is 16.5 Å². The van der Waals surface area contributed by atoms with Crippen molar-refractivity contribution in [3.63, 3.8) is 0 Å². The summed E-state index contributed by atoms with van der Waals surface area (Å²) < 4.78 is 0. The molecule has 0 saturated heterocycles. The molecule has 2 aromatic rings. The van der Waals surface area contributed by atoms with Gasteiger partial charge in [0.1, 0.15) is 18.1 Å². The fourth-order valence-corrected chi connectivity index (χ4v) is 4.27. The van der Waals surface area contributed by atoms with E-state index in [-0.39, 0.29) is 6.42 Å². The summed E-state index contributed by atoms with van der Waals surface area (Å²) in [4.78, 5) is 65.6. The number of rotatable bonds is 17. The standard InChI is InChI=1S/C27H41N7O6/c1-3-15(2)23(26(38)33-21(27(39)40)13-22(30)35)34-25(37)20(32-24(36)18(29)9-6-7-11-28)12-16-14-31-19-10-5-4-8-17(16)19/h4-5,8,10,14-15,18,20-21,23,31H,3,6-7,9,11-13,28-29H2,1-2H3,(H2,30,35)(H,32,36)(H,33,38)(H,34,37)(H,39,40). The van der Waals surface area contributed by atoms with Crippen molar-refractivity contribution >= 4 is 40.5 Å². The highest BCUT2D eigenvalue weighted by Crippen LogP contribution is 2.20. The number of amides is 4. The third-order valence-corrected chi connectivity index (χ3v) is 6.85. The molecule has 5 unspecified atom stereocenters. The van der Waals surface area contributed by atoms with Gasteiger partial charge in [0.05, 0.1) is 12.5 Å². The lowest BCUT2D eigenvalue weighted by Crippen LogP contribution is -2.59. The second kappa shape index (κ2) is 15.6. The van der Waals surface area contributed by atoms with Crippen LogP contribution in [0.2, 0.25) is 0 Å². The monoisotopic (exact) mass is 559 g/mol. The first kappa shape index (κ1) is 32.2. The summed E-state index contributed by atoms with van der Waals surface area (Å²) in [5.74, 6) is -4.69. The molecule has 13 nitrogen and oxygen atoms in total. The number of hydrogen-bond donors (Lipinski definition) is 8. The highest BCUT2D eigenvalue weighted by Gasteiger charge is 2.33. The van der Waals surface area contributed by atoms with E-state index in [1.807, 2.05) is 24.3 Å². The summed E-state index contributed by atoms with van der Waals surface area (Å²) in [6, 6.07) is 2.85. The van der Waals surface area contributed by atoms with Crippen molar-refractivity contribution in [2.24, 2.45) is 23.1 Å². The van der Waals surface area contributed by atoms with Crippen LogP contribution in [-0.4, -0.2) is 70.4 Å². The molecule has 0 bridgehead atoms. The third kappa shape index (κ3) is 9.35. The highest BCUT2D eigenvalue weighted by molar-refractivity contribution is 5.95. The van der Waals surface area contributed by atoms with Crippen molar-refractivity contribution in [1.29, 1.82) is 0 Å². The van der Waals surface area contributed by atoms with Crippen LogP contribution < -0.4 is 33.2 Å². The van der Waals surface area contributed by atoms with Gasteiger partial charge in [0.2, 0.25) is 23.6 Å². The molecule has 0 aliphatic heterocycles. The maximum atomic E-state index is 13.6. The molecule has 0 radical (unpaired) electrons. The predicted octanol–water partition coefficient (Wildman–Crippen LogP) is -0.373. The molecule has 40 heavy (non-hydrogen) atoms. The van der Waals surface area contributed by atoms with Crippen LogP contribution in [0.25, 0.3) is 10.9 Å². The zero-order chi connectivity index (χ0) is 29.8. The van der Waals surface area contributed by atoms with Crippen LogP contribution in [0.3, 0.4) is 0 Å². The number of hydrogen-bond acceptors (Lipinski definition) is 7. The van der Waals surface area contributed by atoms with E-state index in [1.165, 1.54) is 0 Å².